The van der Waals surface area contributed by atoms with Crippen molar-refractivity contribution in [2.75, 3.05) is 4.90 Å². The third kappa shape index (κ3) is 3.97. The average molecular weight is 517 g/mol. The zero-order valence-electron chi connectivity index (χ0n) is 23.6. The highest BCUT2D eigenvalue weighted by molar-refractivity contribution is 6.89. The van der Waals surface area contributed by atoms with Crippen molar-refractivity contribution in [1.82, 2.24) is 0 Å². The van der Waals surface area contributed by atoms with Gasteiger partial charge in [-0.25, -0.2) is 0 Å². The molecule has 4 heteroatoms. The van der Waals surface area contributed by atoms with Crippen molar-refractivity contribution >= 4 is 52.3 Å². The van der Waals surface area contributed by atoms with Gasteiger partial charge in [0, 0.05) is 17.1 Å². The van der Waals surface area contributed by atoms with E-state index in [1.54, 1.807) is 0 Å². The highest BCUT2D eigenvalue weighted by atomic mass is 16.5. The number of nitrogens with zero attached hydrogens (tertiary/aromatic N) is 1. The Morgan fingerprint density at radius 1 is 0.500 bits per heavy atom. The molecule has 0 amide bonds. The lowest BCUT2D eigenvalue weighted by Crippen LogP contribution is -2.51. The Morgan fingerprint density at radius 2 is 1.07 bits per heavy atom. The third-order valence-electron chi connectivity index (χ3n) is 8.62. The summed E-state index contributed by atoms with van der Waals surface area (Å²) >= 11 is 0. The molecule has 0 bridgehead atoms. The van der Waals surface area contributed by atoms with Crippen LogP contribution in [0.1, 0.15) is 27.7 Å². The maximum absolute atomic E-state index is 6.39. The van der Waals surface area contributed by atoms with E-state index in [0.717, 1.165) is 11.5 Å². The minimum atomic E-state index is 0.301. The summed E-state index contributed by atoms with van der Waals surface area (Å²) in [6.45, 7) is 9.94. The molecular weight excluding hydrogens is 484 g/mol. The molecule has 2 aliphatic heterocycles. The number of fused-ring (bicyclic) bond motifs is 4. The van der Waals surface area contributed by atoms with Gasteiger partial charge in [0.15, 0.2) is 0 Å². The number of para-hydroxylation sites is 3. The van der Waals surface area contributed by atoms with Gasteiger partial charge in [0.2, 0.25) is 13.4 Å². The van der Waals surface area contributed by atoms with Crippen LogP contribution >= 0.6 is 0 Å². The molecule has 0 saturated carbocycles. The molecule has 0 saturated heterocycles. The fourth-order valence-electron chi connectivity index (χ4n) is 6.90. The topological polar surface area (TPSA) is 12.5 Å². The predicted molar refractivity (Wildman–Crippen MR) is 173 cm³/mol. The van der Waals surface area contributed by atoms with Crippen molar-refractivity contribution in [2.24, 2.45) is 0 Å². The van der Waals surface area contributed by atoms with Crippen molar-refractivity contribution < 1.29 is 4.74 Å². The van der Waals surface area contributed by atoms with Crippen molar-refractivity contribution in [3.05, 3.63) is 115 Å². The minimum absolute atomic E-state index is 0.301. The van der Waals surface area contributed by atoms with Crippen LogP contribution in [0.4, 0.5) is 17.1 Å². The summed E-state index contributed by atoms with van der Waals surface area (Å²) in [4.78, 5) is 2.45. The van der Waals surface area contributed by atoms with Crippen molar-refractivity contribution in [1.29, 1.82) is 0 Å². The van der Waals surface area contributed by atoms with Crippen LogP contribution in [0.3, 0.4) is 0 Å². The molecule has 0 fully saturated rings. The van der Waals surface area contributed by atoms with Crippen LogP contribution in [0.25, 0.3) is 11.1 Å². The van der Waals surface area contributed by atoms with Gasteiger partial charge in [-0.2, -0.15) is 0 Å². The number of anilines is 3. The molecule has 7 rings (SSSR count). The molecule has 0 N–H and O–H groups in total. The summed E-state index contributed by atoms with van der Waals surface area (Å²) in [6.07, 6.45) is 0. The van der Waals surface area contributed by atoms with E-state index in [1.807, 2.05) is 0 Å². The van der Waals surface area contributed by atoms with Gasteiger partial charge in [-0.15, -0.1) is 0 Å². The van der Waals surface area contributed by atoms with E-state index in [1.165, 1.54) is 50.0 Å². The second kappa shape index (κ2) is 9.78. The first kappa shape index (κ1) is 24.8. The number of ether oxygens (including phenoxy) is 1. The van der Waals surface area contributed by atoms with Crippen LogP contribution in [0.5, 0.6) is 11.5 Å². The van der Waals surface area contributed by atoms with Crippen molar-refractivity contribution in [3.8, 4) is 22.6 Å². The molecular formula is C36H33B2NO. The number of benzene rings is 5. The molecule has 2 nitrogen and oxygen atoms in total. The summed E-state index contributed by atoms with van der Waals surface area (Å²) in [5, 5.41) is 0. The van der Waals surface area contributed by atoms with E-state index in [-0.39, 0.29) is 0 Å². The number of rotatable bonds is 4. The third-order valence-corrected chi connectivity index (χ3v) is 8.62. The van der Waals surface area contributed by atoms with E-state index >= 15 is 0 Å². The van der Waals surface area contributed by atoms with Gasteiger partial charge in [-0.1, -0.05) is 129 Å². The fourth-order valence-corrected chi connectivity index (χ4v) is 6.90. The van der Waals surface area contributed by atoms with E-state index in [4.69, 9.17) is 4.74 Å². The first-order chi connectivity index (χ1) is 19.5. The lowest BCUT2D eigenvalue weighted by molar-refractivity contribution is 0.487. The first-order valence-electron chi connectivity index (χ1n) is 14.5. The first-order valence-corrected chi connectivity index (χ1v) is 14.5. The van der Waals surface area contributed by atoms with Gasteiger partial charge >= 0.3 is 0 Å². The molecule has 2 aliphatic rings. The van der Waals surface area contributed by atoms with Gasteiger partial charge in [0.25, 0.3) is 0 Å². The molecule has 0 aliphatic carbocycles. The minimum Gasteiger partial charge on any atom is -0.458 e. The normalized spacial score (nSPS) is 13.5. The summed E-state index contributed by atoms with van der Waals surface area (Å²) in [7, 11) is 0. The van der Waals surface area contributed by atoms with E-state index in [0.29, 0.717) is 25.1 Å². The van der Waals surface area contributed by atoms with Crippen LogP contribution in [-0.2, 0) is 0 Å². The zero-order valence-corrected chi connectivity index (χ0v) is 23.6. The lowest BCUT2D eigenvalue weighted by Gasteiger charge is -2.38. The Balaban J connectivity index is 1.39. The smallest absolute Gasteiger partial charge is 0.221 e. The maximum atomic E-state index is 6.39. The summed E-state index contributed by atoms with van der Waals surface area (Å²) in [5.41, 5.74) is 11.5. The Morgan fingerprint density at radius 3 is 1.85 bits per heavy atom. The highest BCUT2D eigenvalue weighted by Crippen LogP contribution is 2.39. The molecule has 40 heavy (non-hydrogen) atoms. The van der Waals surface area contributed by atoms with Gasteiger partial charge in [0.05, 0.1) is 0 Å². The maximum Gasteiger partial charge on any atom is 0.221 e. The van der Waals surface area contributed by atoms with E-state index in [9.17, 15) is 0 Å². The summed E-state index contributed by atoms with van der Waals surface area (Å²) in [6, 6.07) is 42.0. The van der Waals surface area contributed by atoms with Gasteiger partial charge in [-0.3, -0.25) is 0 Å². The molecule has 0 spiro atoms. The second-order valence-corrected chi connectivity index (χ2v) is 11.8. The molecule has 0 atom stereocenters. The largest absolute Gasteiger partial charge is 0.458 e. The van der Waals surface area contributed by atoms with E-state index in [2.05, 4.69) is 148 Å². The Labute approximate surface area is 238 Å². The number of hydrogen-bond acceptors (Lipinski definition) is 2. The monoisotopic (exact) mass is 517 g/mol. The molecule has 0 aromatic heterocycles. The molecule has 5 aromatic rings. The van der Waals surface area contributed by atoms with Crippen LogP contribution in [0.2, 0.25) is 11.6 Å². The molecule has 0 unspecified atom stereocenters. The lowest BCUT2D eigenvalue weighted by atomic mass is 9.33. The van der Waals surface area contributed by atoms with Crippen LogP contribution in [0, 0.1) is 0 Å². The van der Waals surface area contributed by atoms with Crippen LogP contribution in [0.15, 0.2) is 115 Å². The van der Waals surface area contributed by atoms with Gasteiger partial charge in [-0.05, 0) is 58.5 Å². The Kier molecular flexibility index (Phi) is 6.08. The fraction of sp³-hybridized carbons (Fsp3) is 0.167. The highest BCUT2D eigenvalue weighted by Gasteiger charge is 2.36. The second-order valence-electron chi connectivity index (χ2n) is 11.8. The number of hydrogen-bond donors (Lipinski definition) is 0. The van der Waals surface area contributed by atoms with E-state index < -0.39 is 0 Å². The van der Waals surface area contributed by atoms with Crippen LogP contribution in [-0.4, -0.2) is 13.4 Å². The van der Waals surface area contributed by atoms with Crippen molar-refractivity contribution in [2.45, 2.75) is 39.3 Å². The molecule has 194 valence electrons. The quantitative estimate of drug-likeness (QED) is 0.233. The zero-order chi connectivity index (χ0) is 27.4. The molecule has 2 heterocycles. The Bertz CT molecular complexity index is 1710. The molecule has 0 radical (unpaired) electrons. The van der Waals surface area contributed by atoms with Crippen LogP contribution < -0.4 is 31.5 Å². The summed E-state index contributed by atoms with van der Waals surface area (Å²) in [5.74, 6) is 2.89. The molecule has 5 aromatic carbocycles. The Hall–Kier alpha value is -4.17. The van der Waals surface area contributed by atoms with Gasteiger partial charge in [0.1, 0.15) is 11.5 Å². The SMILES string of the molecule is CC(C)B1c2ccccc2Oc2ccc(-c3ccc4c(c3)N(c3ccccc3)c3ccccc3B4C(C)C)cc21. The standard InChI is InChI=1S/C36H33B2NO/c1-24(2)37-29-14-8-10-16-33(29)39(28-12-6-5-7-13-28)34-23-27(18-20-30(34)37)26-19-21-36-32(22-26)38(25(3)4)31-15-9-11-17-35(31)40-36/h5-25H,1-4H3. The predicted octanol–water partition coefficient (Wildman–Crippen LogP) is 7.28. The van der Waals surface area contributed by atoms with Crippen molar-refractivity contribution in [3.63, 3.8) is 0 Å². The summed E-state index contributed by atoms with van der Waals surface area (Å²) < 4.78 is 6.39. The van der Waals surface area contributed by atoms with Gasteiger partial charge < -0.3 is 9.64 Å². The average Bonchev–Trinajstić information content (AvgIpc) is 2.98.